The van der Waals surface area contributed by atoms with Crippen molar-refractivity contribution in [3.8, 4) is 0 Å². The second-order valence-electron chi connectivity index (χ2n) is 6.57. The lowest BCUT2D eigenvalue weighted by atomic mass is 10.0. The number of nitrogen functional groups attached to an aromatic ring is 4. The van der Waals surface area contributed by atoms with E-state index in [0.717, 1.165) is 28.9 Å². The number of anilines is 8. The third kappa shape index (κ3) is 5.20. The Labute approximate surface area is 177 Å². The summed E-state index contributed by atoms with van der Waals surface area (Å²) in [4.78, 5) is 23.5. The van der Waals surface area contributed by atoms with Crippen LogP contribution in [0, 0.1) is 0 Å². The Bertz CT molecular complexity index is 1060. The summed E-state index contributed by atoms with van der Waals surface area (Å²) in [5.74, 6) is 0.836. The predicted octanol–water partition coefficient (Wildman–Crippen LogP) is 1.46. The molecule has 0 unspecified atom stereocenters. The molecule has 0 atom stereocenters. The van der Waals surface area contributed by atoms with Crippen molar-refractivity contribution in [1.82, 2.24) is 29.9 Å². The van der Waals surface area contributed by atoms with Gasteiger partial charge < -0.3 is 33.6 Å². The Morgan fingerprint density at radius 2 is 0.806 bits per heavy atom. The van der Waals surface area contributed by atoms with Crippen LogP contribution >= 0.6 is 0 Å². The van der Waals surface area contributed by atoms with E-state index >= 15 is 0 Å². The number of nitrogens with one attached hydrogen (secondary N) is 2. The normalized spacial score (nSPS) is 10.6. The number of hydrogen-bond donors (Lipinski definition) is 6. The highest BCUT2D eigenvalue weighted by atomic mass is 15.2. The lowest BCUT2D eigenvalue weighted by molar-refractivity contribution is 1.08. The zero-order valence-corrected chi connectivity index (χ0v) is 16.3. The Morgan fingerprint density at radius 3 is 1.13 bits per heavy atom. The molecule has 4 rings (SSSR count). The Balaban J connectivity index is 1.38. The fourth-order valence-electron chi connectivity index (χ4n) is 2.84. The zero-order valence-electron chi connectivity index (χ0n) is 16.3. The first-order valence-electron chi connectivity index (χ1n) is 9.19. The fraction of sp³-hybridized carbons (Fsp3) is 0.0526. The van der Waals surface area contributed by atoms with Crippen molar-refractivity contribution in [1.29, 1.82) is 0 Å². The molecule has 0 amide bonds. The van der Waals surface area contributed by atoms with Crippen LogP contribution in [0.15, 0.2) is 48.5 Å². The van der Waals surface area contributed by atoms with Gasteiger partial charge in [0.1, 0.15) is 0 Å². The number of hydrogen-bond acceptors (Lipinski definition) is 12. The molecule has 2 aromatic carbocycles. The van der Waals surface area contributed by atoms with E-state index in [9.17, 15) is 0 Å². The van der Waals surface area contributed by atoms with Gasteiger partial charge in [0.15, 0.2) is 0 Å². The molecule has 0 aliphatic heterocycles. The van der Waals surface area contributed by atoms with E-state index < -0.39 is 0 Å². The van der Waals surface area contributed by atoms with Crippen molar-refractivity contribution in [3.63, 3.8) is 0 Å². The Kier molecular flexibility index (Phi) is 5.26. The molecule has 12 nitrogen and oxygen atoms in total. The van der Waals surface area contributed by atoms with Gasteiger partial charge >= 0.3 is 0 Å². The minimum absolute atomic E-state index is 0.0620. The van der Waals surface area contributed by atoms with Gasteiger partial charge in [0.25, 0.3) is 0 Å². The lowest BCUT2D eigenvalue weighted by Gasteiger charge is -2.08. The standard InChI is InChI=1S/C19H20N12/c20-14-26-15(21)29-18(28-14)24-12-5-1-10(2-6-12)9-11-3-7-13(8-4-11)25-19-30-16(22)27-17(23)31-19/h1-8H,9H2,(H5,20,21,24,26,28,29)(H5,22,23,25,27,30,31). The minimum atomic E-state index is 0.0620. The topological polar surface area (TPSA) is 205 Å². The second kappa shape index (κ2) is 8.32. The van der Waals surface area contributed by atoms with Crippen molar-refractivity contribution in [2.75, 3.05) is 33.6 Å². The van der Waals surface area contributed by atoms with Gasteiger partial charge in [0.2, 0.25) is 35.7 Å². The van der Waals surface area contributed by atoms with Gasteiger partial charge in [-0.2, -0.15) is 29.9 Å². The number of nitrogens with zero attached hydrogens (tertiary/aromatic N) is 6. The molecule has 2 heterocycles. The molecule has 2 aromatic heterocycles. The van der Waals surface area contributed by atoms with Crippen LogP contribution in [0.1, 0.15) is 11.1 Å². The molecule has 0 saturated heterocycles. The van der Waals surface area contributed by atoms with E-state index in [-0.39, 0.29) is 23.8 Å². The average Bonchev–Trinajstić information content (AvgIpc) is 2.69. The van der Waals surface area contributed by atoms with Gasteiger partial charge in [-0.05, 0) is 41.8 Å². The highest BCUT2D eigenvalue weighted by Crippen LogP contribution is 2.19. The molecule has 0 spiro atoms. The molecule has 0 bridgehead atoms. The first-order valence-corrected chi connectivity index (χ1v) is 9.19. The number of aromatic nitrogens is 6. The molecular formula is C19H20N12. The first kappa shape index (κ1) is 19.6. The van der Waals surface area contributed by atoms with E-state index in [1.807, 2.05) is 48.5 Å². The lowest BCUT2D eigenvalue weighted by Crippen LogP contribution is -2.06. The van der Waals surface area contributed by atoms with Gasteiger partial charge in [0.05, 0.1) is 0 Å². The molecular weight excluding hydrogens is 396 g/mol. The van der Waals surface area contributed by atoms with Gasteiger partial charge in [-0.25, -0.2) is 0 Å². The summed E-state index contributed by atoms with van der Waals surface area (Å²) in [6.07, 6.45) is 0.762. The van der Waals surface area contributed by atoms with Gasteiger partial charge in [-0.1, -0.05) is 24.3 Å². The van der Waals surface area contributed by atoms with E-state index in [2.05, 4.69) is 40.5 Å². The van der Waals surface area contributed by atoms with Crippen molar-refractivity contribution < 1.29 is 0 Å². The van der Waals surface area contributed by atoms with Crippen LogP contribution in [0.5, 0.6) is 0 Å². The molecule has 156 valence electrons. The monoisotopic (exact) mass is 416 g/mol. The maximum atomic E-state index is 5.58. The van der Waals surface area contributed by atoms with Crippen LogP contribution < -0.4 is 33.6 Å². The van der Waals surface area contributed by atoms with Crippen molar-refractivity contribution in [2.45, 2.75) is 6.42 Å². The number of benzene rings is 2. The summed E-state index contributed by atoms with van der Waals surface area (Å²) in [6.45, 7) is 0. The molecule has 0 aliphatic carbocycles. The van der Waals surface area contributed by atoms with Crippen LogP contribution in [0.4, 0.5) is 47.1 Å². The van der Waals surface area contributed by atoms with Crippen LogP contribution in [0.2, 0.25) is 0 Å². The molecule has 31 heavy (non-hydrogen) atoms. The highest BCUT2D eigenvalue weighted by Gasteiger charge is 2.05. The summed E-state index contributed by atoms with van der Waals surface area (Å²) in [5.41, 5.74) is 26.2. The zero-order chi connectivity index (χ0) is 21.8. The summed E-state index contributed by atoms with van der Waals surface area (Å²) in [7, 11) is 0. The maximum Gasteiger partial charge on any atom is 0.233 e. The molecule has 0 saturated carbocycles. The first-order chi connectivity index (χ1) is 14.9. The summed E-state index contributed by atoms with van der Waals surface area (Å²) >= 11 is 0. The van der Waals surface area contributed by atoms with E-state index in [0.29, 0.717) is 11.9 Å². The minimum Gasteiger partial charge on any atom is -0.368 e. The van der Waals surface area contributed by atoms with E-state index in [4.69, 9.17) is 22.9 Å². The number of nitrogens with two attached hydrogens (primary N) is 4. The third-order valence-corrected chi connectivity index (χ3v) is 4.17. The van der Waals surface area contributed by atoms with Gasteiger partial charge in [0, 0.05) is 11.4 Å². The Hall–Kier alpha value is -4.74. The largest absolute Gasteiger partial charge is 0.368 e. The average molecular weight is 416 g/mol. The molecule has 0 radical (unpaired) electrons. The molecule has 0 fully saturated rings. The van der Waals surface area contributed by atoms with Crippen LogP contribution in [0.25, 0.3) is 0 Å². The molecule has 0 aliphatic rings. The number of rotatable bonds is 6. The highest BCUT2D eigenvalue weighted by molar-refractivity contribution is 5.57. The van der Waals surface area contributed by atoms with E-state index in [1.165, 1.54) is 0 Å². The SMILES string of the molecule is Nc1nc(N)nc(Nc2ccc(Cc3ccc(Nc4nc(N)nc(N)n4)cc3)cc2)n1. The van der Waals surface area contributed by atoms with E-state index in [1.54, 1.807) is 0 Å². The maximum absolute atomic E-state index is 5.58. The smallest absolute Gasteiger partial charge is 0.233 e. The van der Waals surface area contributed by atoms with Crippen LogP contribution in [-0.2, 0) is 6.42 Å². The quantitative estimate of drug-likeness (QED) is 0.264. The molecule has 4 aromatic rings. The van der Waals surface area contributed by atoms with Crippen LogP contribution in [-0.4, -0.2) is 29.9 Å². The van der Waals surface area contributed by atoms with Gasteiger partial charge in [-0.15, -0.1) is 0 Å². The molecule has 12 heteroatoms. The van der Waals surface area contributed by atoms with Crippen molar-refractivity contribution in [3.05, 3.63) is 59.7 Å². The van der Waals surface area contributed by atoms with Crippen molar-refractivity contribution in [2.24, 2.45) is 0 Å². The Morgan fingerprint density at radius 1 is 0.484 bits per heavy atom. The van der Waals surface area contributed by atoms with Crippen molar-refractivity contribution >= 4 is 47.1 Å². The molecule has 10 N–H and O–H groups in total. The third-order valence-electron chi connectivity index (χ3n) is 4.17. The van der Waals surface area contributed by atoms with Gasteiger partial charge in [-0.3, -0.25) is 0 Å². The second-order valence-corrected chi connectivity index (χ2v) is 6.57. The summed E-state index contributed by atoms with van der Waals surface area (Å²) < 4.78 is 0. The predicted molar refractivity (Wildman–Crippen MR) is 120 cm³/mol. The summed E-state index contributed by atoms with van der Waals surface area (Å²) in [6, 6.07) is 15.8. The fourth-order valence-corrected chi connectivity index (χ4v) is 2.84. The summed E-state index contributed by atoms with van der Waals surface area (Å²) in [5, 5.41) is 6.10. The van der Waals surface area contributed by atoms with Crippen LogP contribution in [0.3, 0.4) is 0 Å².